The minimum absolute atomic E-state index is 0.0165. The van der Waals surface area contributed by atoms with E-state index in [-0.39, 0.29) is 11.3 Å². The first-order valence-electron chi connectivity index (χ1n) is 6.18. The van der Waals surface area contributed by atoms with Gasteiger partial charge in [0.15, 0.2) is 0 Å². The van der Waals surface area contributed by atoms with Crippen molar-refractivity contribution in [1.82, 2.24) is 9.97 Å². The van der Waals surface area contributed by atoms with Crippen LogP contribution in [-0.2, 0) is 12.8 Å². The zero-order chi connectivity index (χ0) is 14.1. The van der Waals surface area contributed by atoms with Crippen molar-refractivity contribution in [3.8, 4) is 11.6 Å². The van der Waals surface area contributed by atoms with E-state index in [9.17, 15) is 9.90 Å². The topological polar surface area (TPSA) is 72.3 Å². The molecule has 0 unspecified atom stereocenters. The maximum absolute atomic E-state index is 11.2. The van der Waals surface area contributed by atoms with Gasteiger partial charge in [-0.3, -0.25) is 0 Å². The molecule has 0 fully saturated rings. The maximum atomic E-state index is 11.2. The molecule has 0 aliphatic heterocycles. The van der Waals surface area contributed by atoms with E-state index in [0.717, 1.165) is 30.5 Å². The lowest BCUT2D eigenvalue weighted by molar-refractivity contribution is 0.0694. The number of rotatable bonds is 3. The number of ether oxygens (including phenoxy) is 1. The van der Waals surface area contributed by atoms with Crippen LogP contribution < -0.4 is 4.74 Å². The minimum atomic E-state index is -1.09. The van der Waals surface area contributed by atoms with Crippen LogP contribution in [0.5, 0.6) is 11.6 Å². The highest BCUT2D eigenvalue weighted by Gasteiger charge is 2.20. The molecule has 102 valence electrons. The summed E-state index contributed by atoms with van der Waals surface area (Å²) in [6, 6.07) is 4.49. The number of hydrogen-bond acceptors (Lipinski definition) is 4. The minimum Gasteiger partial charge on any atom is -0.478 e. The van der Waals surface area contributed by atoms with Gasteiger partial charge in [0, 0.05) is 10.6 Å². The third-order valence-corrected chi connectivity index (χ3v) is 3.45. The highest BCUT2D eigenvalue weighted by Crippen LogP contribution is 2.32. The molecular weight excluding hydrogens is 280 g/mol. The number of aromatic carboxylic acids is 1. The van der Waals surface area contributed by atoms with Crippen LogP contribution in [-0.4, -0.2) is 21.0 Å². The van der Waals surface area contributed by atoms with E-state index in [1.807, 2.05) is 0 Å². The molecule has 0 spiro atoms. The van der Waals surface area contributed by atoms with Gasteiger partial charge in [0.05, 0.1) is 5.69 Å². The Morgan fingerprint density at radius 1 is 1.30 bits per heavy atom. The van der Waals surface area contributed by atoms with Crippen molar-refractivity contribution in [1.29, 1.82) is 0 Å². The summed E-state index contributed by atoms with van der Waals surface area (Å²) < 4.78 is 5.68. The highest BCUT2D eigenvalue weighted by atomic mass is 35.5. The largest absolute Gasteiger partial charge is 0.478 e. The summed E-state index contributed by atoms with van der Waals surface area (Å²) in [7, 11) is 0. The first-order valence-corrected chi connectivity index (χ1v) is 6.56. The molecule has 0 saturated heterocycles. The van der Waals surface area contributed by atoms with Crippen LogP contribution in [0.15, 0.2) is 24.5 Å². The molecule has 20 heavy (non-hydrogen) atoms. The molecule has 5 nitrogen and oxygen atoms in total. The average Bonchev–Trinajstić information content (AvgIpc) is 2.90. The Morgan fingerprint density at radius 3 is 2.95 bits per heavy atom. The van der Waals surface area contributed by atoms with Gasteiger partial charge >= 0.3 is 5.97 Å². The second-order valence-corrected chi connectivity index (χ2v) is 4.94. The Morgan fingerprint density at radius 2 is 2.15 bits per heavy atom. The van der Waals surface area contributed by atoms with Gasteiger partial charge in [-0.15, -0.1) is 0 Å². The fourth-order valence-electron chi connectivity index (χ4n) is 2.28. The molecule has 1 aromatic carbocycles. The molecule has 1 aliphatic carbocycles. The summed E-state index contributed by atoms with van der Waals surface area (Å²) in [5.74, 6) is -0.430. The van der Waals surface area contributed by atoms with Crippen molar-refractivity contribution >= 4 is 17.6 Å². The van der Waals surface area contributed by atoms with E-state index in [4.69, 9.17) is 16.3 Å². The van der Waals surface area contributed by atoms with Crippen LogP contribution in [0.4, 0.5) is 0 Å². The molecule has 1 aromatic heterocycles. The Hall–Kier alpha value is -2.14. The number of halogens is 1. The van der Waals surface area contributed by atoms with Gasteiger partial charge in [-0.1, -0.05) is 11.6 Å². The third-order valence-electron chi connectivity index (χ3n) is 3.21. The number of carbonyl (C=O) groups is 1. The SMILES string of the molecule is O=C(O)c1cc(Cl)ccc1Oc1ncnc2c1CCC2. The predicted octanol–water partition coefficient (Wildman–Crippen LogP) is 3.11. The molecule has 1 aliphatic rings. The van der Waals surface area contributed by atoms with Crippen molar-refractivity contribution in [2.24, 2.45) is 0 Å². The zero-order valence-electron chi connectivity index (χ0n) is 10.5. The Balaban J connectivity index is 2.00. The van der Waals surface area contributed by atoms with Gasteiger partial charge in [-0.25, -0.2) is 14.8 Å². The first kappa shape index (κ1) is 12.9. The summed E-state index contributed by atoms with van der Waals surface area (Å²) in [6.45, 7) is 0. The molecular formula is C14H11ClN2O3. The molecule has 3 rings (SSSR count). The fraction of sp³-hybridized carbons (Fsp3) is 0.214. The number of fused-ring (bicyclic) bond motifs is 1. The standard InChI is InChI=1S/C14H11ClN2O3/c15-8-4-5-12(10(6-8)14(18)19)20-13-9-2-1-3-11(9)16-7-17-13/h4-7H,1-3H2,(H,18,19). The number of nitrogens with zero attached hydrogens (tertiary/aromatic N) is 2. The van der Waals surface area contributed by atoms with Gasteiger partial charge in [-0.2, -0.15) is 0 Å². The normalized spacial score (nSPS) is 13.1. The summed E-state index contributed by atoms with van der Waals surface area (Å²) >= 11 is 5.81. The van der Waals surface area contributed by atoms with Crippen LogP contribution in [0.25, 0.3) is 0 Å². The van der Waals surface area contributed by atoms with Gasteiger partial charge in [0.25, 0.3) is 0 Å². The van der Waals surface area contributed by atoms with Crippen molar-refractivity contribution in [3.63, 3.8) is 0 Å². The van der Waals surface area contributed by atoms with E-state index in [1.54, 1.807) is 6.07 Å². The van der Waals surface area contributed by atoms with Gasteiger partial charge in [0.2, 0.25) is 5.88 Å². The first-order chi connectivity index (χ1) is 9.65. The van der Waals surface area contributed by atoms with Crippen LogP contribution in [0.2, 0.25) is 5.02 Å². The number of benzene rings is 1. The average molecular weight is 291 g/mol. The van der Waals surface area contributed by atoms with Crippen molar-refractivity contribution in [3.05, 3.63) is 46.4 Å². The van der Waals surface area contributed by atoms with E-state index in [0.29, 0.717) is 10.9 Å². The van der Waals surface area contributed by atoms with E-state index >= 15 is 0 Å². The zero-order valence-corrected chi connectivity index (χ0v) is 11.2. The summed E-state index contributed by atoms with van der Waals surface area (Å²) in [6.07, 6.45) is 4.20. The van der Waals surface area contributed by atoms with Crippen LogP contribution in [0.3, 0.4) is 0 Å². The molecule has 0 atom stereocenters. The lowest BCUT2D eigenvalue weighted by Crippen LogP contribution is -2.02. The van der Waals surface area contributed by atoms with Crippen LogP contribution in [0, 0.1) is 0 Å². The summed E-state index contributed by atoms with van der Waals surface area (Å²) in [4.78, 5) is 19.5. The number of aryl methyl sites for hydroxylation is 1. The Bertz CT molecular complexity index is 688. The van der Waals surface area contributed by atoms with Crippen LogP contribution >= 0.6 is 11.6 Å². The molecule has 1 heterocycles. The molecule has 0 saturated carbocycles. The van der Waals surface area contributed by atoms with Crippen molar-refractivity contribution in [2.75, 3.05) is 0 Å². The highest BCUT2D eigenvalue weighted by molar-refractivity contribution is 6.31. The van der Waals surface area contributed by atoms with E-state index in [2.05, 4.69) is 9.97 Å². The lowest BCUT2D eigenvalue weighted by Gasteiger charge is -2.10. The summed E-state index contributed by atoms with van der Waals surface area (Å²) in [5.41, 5.74) is 1.95. The van der Waals surface area contributed by atoms with Crippen LogP contribution in [0.1, 0.15) is 28.0 Å². The number of hydrogen-bond donors (Lipinski definition) is 1. The van der Waals surface area contributed by atoms with E-state index in [1.165, 1.54) is 18.5 Å². The number of carboxylic acids is 1. The Kier molecular flexibility index (Phi) is 3.28. The maximum Gasteiger partial charge on any atom is 0.339 e. The quantitative estimate of drug-likeness (QED) is 0.940. The lowest BCUT2D eigenvalue weighted by atomic mass is 10.2. The molecule has 0 bridgehead atoms. The summed E-state index contributed by atoms with van der Waals surface area (Å²) in [5, 5.41) is 9.54. The predicted molar refractivity (Wildman–Crippen MR) is 72.5 cm³/mol. The number of carboxylic acid groups (broad SMARTS) is 1. The molecule has 1 N–H and O–H groups in total. The third kappa shape index (κ3) is 2.32. The molecule has 2 aromatic rings. The van der Waals surface area contributed by atoms with E-state index < -0.39 is 5.97 Å². The van der Waals surface area contributed by atoms with Crippen molar-refractivity contribution in [2.45, 2.75) is 19.3 Å². The molecule has 6 heteroatoms. The van der Waals surface area contributed by atoms with Gasteiger partial charge in [-0.05, 0) is 37.5 Å². The second-order valence-electron chi connectivity index (χ2n) is 4.51. The second kappa shape index (κ2) is 5.09. The monoisotopic (exact) mass is 290 g/mol. The smallest absolute Gasteiger partial charge is 0.339 e. The van der Waals surface area contributed by atoms with Gasteiger partial charge < -0.3 is 9.84 Å². The molecule has 0 amide bonds. The van der Waals surface area contributed by atoms with Crippen molar-refractivity contribution < 1.29 is 14.6 Å². The Labute approximate surface area is 120 Å². The number of aromatic nitrogens is 2. The molecule has 0 radical (unpaired) electrons. The fourth-order valence-corrected chi connectivity index (χ4v) is 2.45. The van der Waals surface area contributed by atoms with Gasteiger partial charge in [0.1, 0.15) is 17.6 Å².